The molecule has 2 aromatic carbocycles. The van der Waals surface area contributed by atoms with Crippen molar-refractivity contribution in [1.29, 1.82) is 0 Å². The summed E-state index contributed by atoms with van der Waals surface area (Å²) in [6.45, 7) is 3.11. The number of carbonyl (C=O) groups excluding carboxylic acids is 1. The Bertz CT molecular complexity index is 806. The molecule has 6 heteroatoms. The SMILES string of the molecule is COc1cc(C(=O)NC2(c3cccc(Br)c3)CCOCC2)cc(OC)c1C. The van der Waals surface area contributed by atoms with Gasteiger partial charge in [0, 0.05) is 28.8 Å². The minimum Gasteiger partial charge on any atom is -0.496 e. The quantitative estimate of drug-likeness (QED) is 0.766. The molecule has 1 aliphatic rings. The minimum absolute atomic E-state index is 0.159. The molecule has 5 nitrogen and oxygen atoms in total. The predicted octanol–water partition coefficient (Wildman–Crippen LogP) is 4.21. The van der Waals surface area contributed by atoms with Gasteiger partial charge in [0.05, 0.1) is 19.8 Å². The molecule has 2 aromatic rings. The number of hydrogen-bond acceptors (Lipinski definition) is 4. The summed E-state index contributed by atoms with van der Waals surface area (Å²) in [5.41, 5.74) is 1.98. The minimum atomic E-state index is -0.468. The first-order valence-corrected chi connectivity index (χ1v) is 9.67. The lowest BCUT2D eigenvalue weighted by atomic mass is 9.82. The summed E-state index contributed by atoms with van der Waals surface area (Å²) in [5, 5.41) is 3.26. The second-order valence-electron chi connectivity index (χ2n) is 6.66. The molecule has 27 heavy (non-hydrogen) atoms. The van der Waals surface area contributed by atoms with Gasteiger partial charge in [-0.05, 0) is 49.6 Å². The predicted molar refractivity (Wildman–Crippen MR) is 108 cm³/mol. The van der Waals surface area contributed by atoms with Gasteiger partial charge in [-0.1, -0.05) is 28.1 Å². The zero-order valence-electron chi connectivity index (χ0n) is 15.8. The number of halogens is 1. The van der Waals surface area contributed by atoms with E-state index in [4.69, 9.17) is 14.2 Å². The molecule has 0 bridgehead atoms. The van der Waals surface area contributed by atoms with Gasteiger partial charge in [-0.15, -0.1) is 0 Å². The molecule has 0 saturated carbocycles. The van der Waals surface area contributed by atoms with Crippen LogP contribution in [0, 0.1) is 6.92 Å². The van der Waals surface area contributed by atoms with Crippen molar-refractivity contribution in [2.75, 3.05) is 27.4 Å². The Morgan fingerprint density at radius 1 is 1.11 bits per heavy atom. The van der Waals surface area contributed by atoms with Crippen LogP contribution in [-0.4, -0.2) is 33.3 Å². The average molecular weight is 434 g/mol. The molecule has 144 valence electrons. The molecule has 1 saturated heterocycles. The van der Waals surface area contributed by atoms with Crippen molar-refractivity contribution in [1.82, 2.24) is 5.32 Å². The topological polar surface area (TPSA) is 56.8 Å². The van der Waals surface area contributed by atoms with Gasteiger partial charge in [-0.25, -0.2) is 0 Å². The van der Waals surface area contributed by atoms with Crippen LogP contribution in [-0.2, 0) is 10.3 Å². The van der Waals surface area contributed by atoms with Crippen LogP contribution in [0.15, 0.2) is 40.9 Å². The third-order valence-electron chi connectivity index (χ3n) is 5.09. The van der Waals surface area contributed by atoms with Crippen LogP contribution in [0.1, 0.15) is 34.3 Å². The molecular weight excluding hydrogens is 410 g/mol. The van der Waals surface area contributed by atoms with Crippen LogP contribution in [0.5, 0.6) is 11.5 Å². The van der Waals surface area contributed by atoms with Gasteiger partial charge in [-0.2, -0.15) is 0 Å². The van der Waals surface area contributed by atoms with E-state index in [1.807, 2.05) is 25.1 Å². The van der Waals surface area contributed by atoms with Crippen LogP contribution in [0.3, 0.4) is 0 Å². The van der Waals surface area contributed by atoms with Gasteiger partial charge < -0.3 is 19.5 Å². The normalized spacial score (nSPS) is 15.9. The Kier molecular flexibility index (Phi) is 6.07. The molecule has 1 N–H and O–H groups in total. The third kappa shape index (κ3) is 4.12. The van der Waals surface area contributed by atoms with E-state index in [0.29, 0.717) is 30.3 Å². The second-order valence-corrected chi connectivity index (χ2v) is 7.58. The molecule has 1 amide bonds. The molecule has 0 radical (unpaired) electrons. The Hall–Kier alpha value is -2.05. The van der Waals surface area contributed by atoms with Crippen LogP contribution >= 0.6 is 15.9 Å². The van der Waals surface area contributed by atoms with Crippen molar-refractivity contribution in [3.05, 3.63) is 57.6 Å². The maximum absolute atomic E-state index is 13.1. The summed E-state index contributed by atoms with van der Waals surface area (Å²) in [5.74, 6) is 1.10. The van der Waals surface area contributed by atoms with Gasteiger partial charge >= 0.3 is 0 Å². The van der Waals surface area contributed by atoms with Gasteiger partial charge in [0.25, 0.3) is 5.91 Å². The fourth-order valence-electron chi connectivity index (χ4n) is 3.50. The molecule has 0 aromatic heterocycles. The summed E-state index contributed by atoms with van der Waals surface area (Å²) in [6.07, 6.45) is 1.44. The van der Waals surface area contributed by atoms with Crippen molar-refractivity contribution >= 4 is 21.8 Å². The molecule has 1 aliphatic heterocycles. The van der Waals surface area contributed by atoms with Crippen LogP contribution in [0.2, 0.25) is 0 Å². The number of amides is 1. The molecule has 3 rings (SSSR count). The lowest BCUT2D eigenvalue weighted by Crippen LogP contribution is -2.49. The van der Waals surface area contributed by atoms with Gasteiger partial charge in [0.1, 0.15) is 11.5 Å². The maximum atomic E-state index is 13.1. The zero-order chi connectivity index (χ0) is 19.4. The Morgan fingerprint density at radius 3 is 2.30 bits per heavy atom. The van der Waals surface area contributed by atoms with Crippen molar-refractivity contribution in [2.45, 2.75) is 25.3 Å². The molecule has 1 fully saturated rings. The first kappa shape index (κ1) is 19.7. The highest BCUT2D eigenvalue weighted by molar-refractivity contribution is 9.10. The molecule has 0 atom stereocenters. The molecular formula is C21H24BrNO4. The van der Waals surface area contributed by atoms with Gasteiger partial charge in [0.2, 0.25) is 0 Å². The van der Waals surface area contributed by atoms with Crippen molar-refractivity contribution in [2.24, 2.45) is 0 Å². The summed E-state index contributed by atoms with van der Waals surface area (Å²) < 4.78 is 17.3. The van der Waals surface area contributed by atoms with Crippen LogP contribution < -0.4 is 14.8 Å². The third-order valence-corrected chi connectivity index (χ3v) is 5.58. The molecule has 0 aliphatic carbocycles. The fraction of sp³-hybridized carbons (Fsp3) is 0.381. The Morgan fingerprint density at radius 2 is 1.74 bits per heavy atom. The smallest absolute Gasteiger partial charge is 0.252 e. The van der Waals surface area contributed by atoms with Crippen LogP contribution in [0.4, 0.5) is 0 Å². The number of benzene rings is 2. The standard InChI is InChI=1S/C21H24BrNO4/c1-14-18(25-2)11-15(12-19(14)26-3)20(24)23-21(7-9-27-10-8-21)16-5-4-6-17(22)13-16/h4-6,11-13H,7-10H2,1-3H3,(H,23,24). The van der Waals surface area contributed by atoms with Gasteiger partial charge in [0.15, 0.2) is 0 Å². The summed E-state index contributed by atoms with van der Waals surface area (Å²) in [6, 6.07) is 11.6. The summed E-state index contributed by atoms with van der Waals surface area (Å²) in [7, 11) is 3.18. The maximum Gasteiger partial charge on any atom is 0.252 e. The Labute approximate surface area is 168 Å². The highest BCUT2D eigenvalue weighted by atomic mass is 79.9. The van der Waals surface area contributed by atoms with E-state index in [2.05, 4.69) is 27.3 Å². The lowest BCUT2D eigenvalue weighted by Gasteiger charge is -2.38. The highest BCUT2D eigenvalue weighted by Gasteiger charge is 2.36. The molecule has 0 unspecified atom stereocenters. The number of carbonyl (C=O) groups is 1. The fourth-order valence-corrected chi connectivity index (χ4v) is 3.90. The van der Waals surface area contributed by atoms with Crippen molar-refractivity contribution in [3.8, 4) is 11.5 Å². The van der Waals surface area contributed by atoms with Crippen molar-refractivity contribution in [3.63, 3.8) is 0 Å². The second kappa shape index (κ2) is 8.31. The molecule has 1 heterocycles. The van der Waals surface area contributed by atoms with E-state index in [-0.39, 0.29) is 5.91 Å². The number of nitrogens with one attached hydrogen (secondary N) is 1. The monoisotopic (exact) mass is 433 g/mol. The van der Waals surface area contributed by atoms with E-state index in [1.54, 1.807) is 26.4 Å². The van der Waals surface area contributed by atoms with Gasteiger partial charge in [-0.3, -0.25) is 4.79 Å². The number of methoxy groups -OCH3 is 2. The lowest BCUT2D eigenvalue weighted by molar-refractivity contribution is 0.0345. The average Bonchev–Trinajstić information content (AvgIpc) is 2.68. The largest absolute Gasteiger partial charge is 0.496 e. The first-order chi connectivity index (χ1) is 13.0. The number of rotatable bonds is 5. The van der Waals surface area contributed by atoms with Crippen molar-refractivity contribution < 1.29 is 19.0 Å². The van der Waals surface area contributed by atoms with Crippen LogP contribution in [0.25, 0.3) is 0 Å². The summed E-state index contributed by atoms with van der Waals surface area (Å²) in [4.78, 5) is 13.1. The van der Waals surface area contributed by atoms with E-state index in [1.165, 1.54) is 0 Å². The summed E-state index contributed by atoms with van der Waals surface area (Å²) >= 11 is 3.53. The van der Waals surface area contributed by atoms with E-state index >= 15 is 0 Å². The Balaban J connectivity index is 1.96. The zero-order valence-corrected chi connectivity index (χ0v) is 17.4. The molecule has 0 spiro atoms. The van der Waals surface area contributed by atoms with E-state index in [9.17, 15) is 4.79 Å². The number of hydrogen-bond donors (Lipinski definition) is 1. The van der Waals surface area contributed by atoms with E-state index in [0.717, 1.165) is 28.4 Å². The first-order valence-electron chi connectivity index (χ1n) is 8.88. The number of ether oxygens (including phenoxy) is 3. The van der Waals surface area contributed by atoms with E-state index < -0.39 is 5.54 Å². The highest BCUT2D eigenvalue weighted by Crippen LogP contribution is 2.35.